The van der Waals surface area contributed by atoms with E-state index in [0.717, 1.165) is 6.07 Å². The lowest BCUT2D eigenvalue weighted by atomic mass is 9.95. The number of hydrogen-bond donors (Lipinski definition) is 1. The Hall–Kier alpha value is -2.47. The second-order valence-electron chi connectivity index (χ2n) is 6.19. The van der Waals surface area contributed by atoms with Crippen molar-refractivity contribution >= 4 is 29.1 Å². The Labute approximate surface area is 154 Å². The van der Waals surface area contributed by atoms with Crippen LogP contribution in [0.5, 0.6) is 0 Å². The number of carbonyl (C=O) groups excluding carboxylic acids is 2. The summed E-state index contributed by atoms with van der Waals surface area (Å²) in [7, 11) is 0. The minimum Gasteiger partial charge on any atom is -0.339 e. The second kappa shape index (κ2) is 7.83. The van der Waals surface area contributed by atoms with Gasteiger partial charge in [0.2, 0.25) is 5.91 Å². The molecule has 0 aliphatic carbocycles. The summed E-state index contributed by atoms with van der Waals surface area (Å²) in [6.45, 7) is 0.828. The van der Waals surface area contributed by atoms with Crippen LogP contribution in [0.4, 0.5) is 14.5 Å². The fourth-order valence-corrected chi connectivity index (χ4v) is 3.10. The van der Waals surface area contributed by atoms with E-state index in [-0.39, 0.29) is 28.4 Å². The zero-order valence-electron chi connectivity index (χ0n) is 13.8. The van der Waals surface area contributed by atoms with Crippen molar-refractivity contribution in [2.24, 2.45) is 5.92 Å². The Morgan fingerprint density at radius 2 is 1.69 bits per heavy atom. The maximum absolute atomic E-state index is 13.8. The molecule has 1 aliphatic heterocycles. The van der Waals surface area contributed by atoms with E-state index in [1.165, 1.54) is 36.4 Å². The molecular weight excluding hydrogens is 362 g/mol. The summed E-state index contributed by atoms with van der Waals surface area (Å²) in [5.74, 6) is -1.75. The molecule has 1 saturated heterocycles. The van der Waals surface area contributed by atoms with E-state index < -0.39 is 11.6 Å². The van der Waals surface area contributed by atoms with Crippen molar-refractivity contribution in [3.8, 4) is 0 Å². The molecule has 7 heteroatoms. The van der Waals surface area contributed by atoms with Crippen LogP contribution in [0, 0.1) is 17.6 Å². The summed E-state index contributed by atoms with van der Waals surface area (Å²) >= 11 is 5.70. The molecule has 2 aromatic carbocycles. The maximum atomic E-state index is 13.8. The van der Waals surface area contributed by atoms with Crippen LogP contribution in [0.2, 0.25) is 5.02 Å². The molecule has 1 heterocycles. The quantitative estimate of drug-likeness (QED) is 0.873. The summed E-state index contributed by atoms with van der Waals surface area (Å²) in [6.07, 6.45) is 0.960. The normalized spacial score (nSPS) is 15.0. The van der Waals surface area contributed by atoms with Gasteiger partial charge >= 0.3 is 0 Å². The van der Waals surface area contributed by atoms with Crippen molar-refractivity contribution < 1.29 is 18.4 Å². The third-order valence-corrected chi connectivity index (χ3v) is 4.67. The number of rotatable bonds is 3. The summed E-state index contributed by atoms with van der Waals surface area (Å²) in [5, 5.41) is 2.83. The van der Waals surface area contributed by atoms with Gasteiger partial charge in [-0.1, -0.05) is 11.6 Å². The topological polar surface area (TPSA) is 49.4 Å². The lowest BCUT2D eigenvalue weighted by Crippen LogP contribution is -2.41. The molecule has 0 bridgehead atoms. The summed E-state index contributed by atoms with van der Waals surface area (Å²) in [4.78, 5) is 26.4. The lowest BCUT2D eigenvalue weighted by Gasteiger charge is -2.31. The highest BCUT2D eigenvalue weighted by atomic mass is 35.5. The molecule has 3 rings (SSSR count). The molecule has 1 aliphatic rings. The van der Waals surface area contributed by atoms with Crippen molar-refractivity contribution in [3.63, 3.8) is 0 Å². The van der Waals surface area contributed by atoms with E-state index in [4.69, 9.17) is 11.6 Å². The number of piperidine rings is 1. The Balaban J connectivity index is 1.56. The van der Waals surface area contributed by atoms with Crippen molar-refractivity contribution in [2.75, 3.05) is 18.4 Å². The molecule has 0 radical (unpaired) electrons. The zero-order chi connectivity index (χ0) is 18.7. The van der Waals surface area contributed by atoms with E-state index in [2.05, 4.69) is 5.32 Å². The molecule has 26 heavy (non-hydrogen) atoms. The van der Waals surface area contributed by atoms with E-state index >= 15 is 0 Å². The average Bonchev–Trinajstić information content (AvgIpc) is 2.64. The molecule has 2 amide bonds. The summed E-state index contributed by atoms with van der Waals surface area (Å²) in [6, 6.07) is 9.44. The predicted octanol–water partition coefficient (Wildman–Crippen LogP) is 4.11. The highest BCUT2D eigenvalue weighted by Crippen LogP contribution is 2.23. The first-order chi connectivity index (χ1) is 12.4. The number of benzene rings is 2. The standard InChI is InChI=1S/C19H17ClF2N2O2/c20-14-3-6-17(16(22)11-14)23-18(25)12-7-9-24(10-8-12)19(26)13-1-4-15(21)5-2-13/h1-6,11-12H,7-10H2,(H,23,25). The lowest BCUT2D eigenvalue weighted by molar-refractivity contribution is -0.121. The first-order valence-corrected chi connectivity index (χ1v) is 8.62. The molecule has 0 aromatic heterocycles. The fraction of sp³-hybridized carbons (Fsp3) is 0.263. The fourth-order valence-electron chi connectivity index (χ4n) is 2.95. The number of halogens is 3. The minimum atomic E-state index is -0.588. The van der Waals surface area contributed by atoms with Crippen molar-refractivity contribution in [3.05, 3.63) is 64.7 Å². The van der Waals surface area contributed by atoms with Gasteiger partial charge in [-0.25, -0.2) is 8.78 Å². The van der Waals surface area contributed by atoms with E-state index in [1.54, 1.807) is 4.90 Å². The van der Waals surface area contributed by atoms with Gasteiger partial charge < -0.3 is 10.2 Å². The first-order valence-electron chi connectivity index (χ1n) is 8.25. The van der Waals surface area contributed by atoms with Gasteiger partial charge in [0.15, 0.2) is 0 Å². The number of carbonyl (C=O) groups is 2. The molecule has 4 nitrogen and oxygen atoms in total. The Morgan fingerprint density at radius 3 is 2.31 bits per heavy atom. The van der Waals surface area contributed by atoms with Gasteiger partial charge in [-0.15, -0.1) is 0 Å². The Morgan fingerprint density at radius 1 is 1.04 bits per heavy atom. The van der Waals surface area contributed by atoms with Gasteiger partial charge in [0, 0.05) is 29.6 Å². The highest BCUT2D eigenvalue weighted by Gasteiger charge is 2.28. The van der Waals surface area contributed by atoms with Gasteiger partial charge in [-0.05, 0) is 55.3 Å². The van der Waals surface area contributed by atoms with Crippen LogP contribution in [-0.2, 0) is 4.79 Å². The molecule has 0 unspecified atom stereocenters. The molecule has 136 valence electrons. The van der Waals surface area contributed by atoms with Crippen LogP contribution >= 0.6 is 11.6 Å². The van der Waals surface area contributed by atoms with E-state index in [0.29, 0.717) is 31.5 Å². The van der Waals surface area contributed by atoms with Gasteiger partial charge in [0.05, 0.1) is 5.69 Å². The molecule has 1 fully saturated rings. The average molecular weight is 379 g/mol. The minimum absolute atomic E-state index is 0.0872. The Kier molecular flexibility index (Phi) is 5.52. The van der Waals surface area contributed by atoms with Crippen LogP contribution in [0.3, 0.4) is 0 Å². The monoisotopic (exact) mass is 378 g/mol. The molecule has 0 atom stereocenters. The second-order valence-corrected chi connectivity index (χ2v) is 6.62. The van der Waals surface area contributed by atoms with Crippen LogP contribution in [0.15, 0.2) is 42.5 Å². The smallest absolute Gasteiger partial charge is 0.253 e. The van der Waals surface area contributed by atoms with Crippen molar-refractivity contribution in [1.82, 2.24) is 4.90 Å². The van der Waals surface area contributed by atoms with Gasteiger partial charge in [-0.3, -0.25) is 9.59 Å². The molecule has 0 saturated carbocycles. The Bertz CT molecular complexity index is 819. The third kappa shape index (κ3) is 4.19. The summed E-state index contributed by atoms with van der Waals surface area (Å²) in [5.41, 5.74) is 0.502. The highest BCUT2D eigenvalue weighted by molar-refractivity contribution is 6.30. The predicted molar refractivity (Wildman–Crippen MR) is 95.1 cm³/mol. The molecule has 2 aromatic rings. The third-order valence-electron chi connectivity index (χ3n) is 4.43. The maximum Gasteiger partial charge on any atom is 0.253 e. The van der Waals surface area contributed by atoms with Gasteiger partial charge in [0.25, 0.3) is 5.91 Å². The SMILES string of the molecule is O=C(Nc1ccc(Cl)cc1F)C1CCN(C(=O)c2ccc(F)cc2)CC1. The zero-order valence-corrected chi connectivity index (χ0v) is 14.6. The number of nitrogens with one attached hydrogen (secondary N) is 1. The van der Waals surface area contributed by atoms with Crippen molar-refractivity contribution in [2.45, 2.75) is 12.8 Å². The number of amides is 2. The summed E-state index contributed by atoms with van der Waals surface area (Å²) < 4.78 is 26.7. The number of hydrogen-bond acceptors (Lipinski definition) is 2. The first kappa shape index (κ1) is 18.3. The number of nitrogens with zero attached hydrogens (tertiary/aromatic N) is 1. The van der Waals surface area contributed by atoms with E-state index in [1.807, 2.05) is 0 Å². The molecule has 1 N–H and O–H groups in total. The van der Waals surface area contributed by atoms with Gasteiger partial charge in [0.1, 0.15) is 11.6 Å². The number of likely N-dealkylation sites (tertiary alicyclic amines) is 1. The number of anilines is 1. The van der Waals surface area contributed by atoms with Crippen LogP contribution in [0.25, 0.3) is 0 Å². The molecule has 0 spiro atoms. The largest absolute Gasteiger partial charge is 0.339 e. The van der Waals surface area contributed by atoms with E-state index in [9.17, 15) is 18.4 Å². The van der Waals surface area contributed by atoms with Crippen LogP contribution in [0.1, 0.15) is 23.2 Å². The van der Waals surface area contributed by atoms with Crippen LogP contribution < -0.4 is 5.32 Å². The van der Waals surface area contributed by atoms with Gasteiger partial charge in [-0.2, -0.15) is 0 Å². The van der Waals surface area contributed by atoms with Crippen LogP contribution in [-0.4, -0.2) is 29.8 Å². The van der Waals surface area contributed by atoms with Crippen molar-refractivity contribution in [1.29, 1.82) is 0 Å². The molecular formula is C19H17ClF2N2O2.